The van der Waals surface area contributed by atoms with Crippen LogP contribution in [0.1, 0.15) is 20.3 Å². The van der Waals surface area contributed by atoms with Crippen LogP contribution in [-0.4, -0.2) is 70.5 Å². The first-order valence-corrected chi connectivity index (χ1v) is 9.17. The molecular formula is C19H34FIN4O2. The molecule has 0 saturated carbocycles. The molecule has 0 bridgehead atoms. The largest absolute Gasteiger partial charge is 0.486 e. The van der Waals surface area contributed by atoms with Crippen molar-refractivity contribution in [3.8, 4) is 5.75 Å². The highest BCUT2D eigenvalue weighted by Gasteiger charge is 2.08. The zero-order valence-electron chi connectivity index (χ0n) is 16.8. The van der Waals surface area contributed by atoms with Gasteiger partial charge in [-0.05, 0) is 39.4 Å². The number of benzene rings is 1. The molecule has 156 valence electrons. The van der Waals surface area contributed by atoms with Crippen LogP contribution < -0.4 is 15.4 Å². The molecule has 1 unspecified atom stereocenters. The number of para-hydroxylation sites is 1. The normalized spacial score (nSPS) is 12.4. The molecule has 6 nitrogen and oxygen atoms in total. The number of rotatable bonds is 12. The fraction of sp³-hybridized carbons (Fsp3) is 0.632. The van der Waals surface area contributed by atoms with Gasteiger partial charge in [0.1, 0.15) is 6.10 Å². The summed E-state index contributed by atoms with van der Waals surface area (Å²) >= 11 is 0. The molecule has 1 atom stereocenters. The Morgan fingerprint density at radius 3 is 2.67 bits per heavy atom. The van der Waals surface area contributed by atoms with Crippen LogP contribution in [0.3, 0.4) is 0 Å². The molecule has 0 fully saturated rings. The van der Waals surface area contributed by atoms with Crippen molar-refractivity contribution in [3.05, 3.63) is 30.1 Å². The van der Waals surface area contributed by atoms with Gasteiger partial charge in [-0.25, -0.2) is 9.38 Å². The number of methoxy groups -OCH3 is 1. The lowest BCUT2D eigenvalue weighted by molar-refractivity contribution is 0.180. The quantitative estimate of drug-likeness (QED) is 0.202. The topological polar surface area (TPSA) is 58.1 Å². The van der Waals surface area contributed by atoms with Gasteiger partial charge in [0.15, 0.2) is 17.5 Å². The summed E-state index contributed by atoms with van der Waals surface area (Å²) in [6.45, 7) is 8.59. The van der Waals surface area contributed by atoms with Crippen LogP contribution in [-0.2, 0) is 4.74 Å². The van der Waals surface area contributed by atoms with Crippen LogP contribution in [0.25, 0.3) is 0 Å². The second-order valence-corrected chi connectivity index (χ2v) is 6.15. The molecule has 0 saturated heterocycles. The Bertz CT molecular complexity index is 534. The predicted octanol–water partition coefficient (Wildman–Crippen LogP) is 2.73. The third-order valence-electron chi connectivity index (χ3n) is 3.69. The van der Waals surface area contributed by atoms with E-state index in [1.165, 1.54) is 6.07 Å². The molecule has 0 spiro atoms. The number of likely N-dealkylation sites (N-methyl/N-ethyl adjacent to an activating group) is 1. The summed E-state index contributed by atoms with van der Waals surface area (Å²) in [7, 11) is 3.81. The van der Waals surface area contributed by atoms with Gasteiger partial charge in [-0.2, -0.15) is 0 Å². The highest BCUT2D eigenvalue weighted by molar-refractivity contribution is 14.0. The van der Waals surface area contributed by atoms with Gasteiger partial charge in [0.2, 0.25) is 0 Å². The van der Waals surface area contributed by atoms with Crippen LogP contribution in [0.15, 0.2) is 29.3 Å². The second-order valence-electron chi connectivity index (χ2n) is 6.15. The molecule has 0 radical (unpaired) electrons. The maximum absolute atomic E-state index is 13.6. The predicted molar refractivity (Wildman–Crippen MR) is 120 cm³/mol. The molecule has 0 amide bonds. The van der Waals surface area contributed by atoms with E-state index in [9.17, 15) is 4.39 Å². The van der Waals surface area contributed by atoms with Gasteiger partial charge in [0, 0.05) is 39.9 Å². The summed E-state index contributed by atoms with van der Waals surface area (Å²) in [5, 5.41) is 6.52. The second kappa shape index (κ2) is 15.9. The molecule has 0 aliphatic carbocycles. The van der Waals surface area contributed by atoms with Crippen LogP contribution in [0.5, 0.6) is 5.75 Å². The molecule has 1 rings (SSSR count). The van der Waals surface area contributed by atoms with Crippen molar-refractivity contribution in [2.75, 3.05) is 53.5 Å². The Morgan fingerprint density at radius 1 is 1.26 bits per heavy atom. The van der Waals surface area contributed by atoms with Crippen molar-refractivity contribution in [1.29, 1.82) is 0 Å². The number of hydrogen-bond acceptors (Lipinski definition) is 4. The van der Waals surface area contributed by atoms with Gasteiger partial charge in [-0.3, -0.25) is 0 Å². The van der Waals surface area contributed by atoms with E-state index in [4.69, 9.17) is 9.47 Å². The Labute approximate surface area is 179 Å². The first kappa shape index (κ1) is 25.9. The lowest BCUT2D eigenvalue weighted by Gasteiger charge is -2.18. The molecule has 8 heteroatoms. The summed E-state index contributed by atoms with van der Waals surface area (Å²) in [4.78, 5) is 6.77. The molecular weight excluding hydrogens is 462 g/mol. The summed E-state index contributed by atoms with van der Waals surface area (Å²) in [5.41, 5.74) is 0. The molecule has 1 aromatic carbocycles. The van der Waals surface area contributed by atoms with Crippen molar-refractivity contribution in [2.24, 2.45) is 4.99 Å². The maximum Gasteiger partial charge on any atom is 0.191 e. The Hall–Kier alpha value is -1.13. The van der Waals surface area contributed by atoms with E-state index in [1.54, 1.807) is 25.3 Å². The van der Waals surface area contributed by atoms with E-state index >= 15 is 0 Å². The number of nitrogens with zero attached hydrogens (tertiary/aromatic N) is 2. The molecule has 0 aliphatic heterocycles. The average Bonchev–Trinajstić information content (AvgIpc) is 2.62. The Morgan fingerprint density at radius 2 is 2.00 bits per heavy atom. The summed E-state index contributed by atoms with van der Waals surface area (Å²) in [5.74, 6) is 0.637. The molecule has 0 aromatic heterocycles. The zero-order chi connectivity index (χ0) is 19.2. The van der Waals surface area contributed by atoms with Crippen molar-refractivity contribution in [3.63, 3.8) is 0 Å². The number of ether oxygens (including phenoxy) is 2. The van der Waals surface area contributed by atoms with E-state index in [0.29, 0.717) is 6.54 Å². The van der Waals surface area contributed by atoms with E-state index < -0.39 is 0 Å². The Balaban J connectivity index is 0.00000676. The molecule has 0 aliphatic rings. The summed E-state index contributed by atoms with van der Waals surface area (Å²) in [6.07, 6.45) is 0.797. The number of guanidine groups is 1. The monoisotopic (exact) mass is 496 g/mol. The number of hydrogen-bond donors (Lipinski definition) is 2. The SMILES string of the molecule is CCNC(=NCC(C)Oc1ccccc1F)NCCN(C)CCCOC.I. The summed E-state index contributed by atoms with van der Waals surface area (Å²) in [6, 6.07) is 6.41. The van der Waals surface area contributed by atoms with Crippen LogP contribution in [0.2, 0.25) is 0 Å². The van der Waals surface area contributed by atoms with Gasteiger partial charge in [-0.15, -0.1) is 24.0 Å². The van der Waals surface area contributed by atoms with Gasteiger partial charge in [0.25, 0.3) is 0 Å². The smallest absolute Gasteiger partial charge is 0.191 e. The average molecular weight is 496 g/mol. The first-order valence-electron chi connectivity index (χ1n) is 9.17. The lowest BCUT2D eigenvalue weighted by Crippen LogP contribution is -2.41. The fourth-order valence-electron chi connectivity index (χ4n) is 2.31. The minimum atomic E-state index is -0.357. The van der Waals surface area contributed by atoms with E-state index in [1.807, 2.05) is 13.8 Å². The summed E-state index contributed by atoms with van der Waals surface area (Å²) < 4.78 is 24.3. The number of aliphatic imine (C=N–C) groups is 1. The zero-order valence-corrected chi connectivity index (χ0v) is 19.2. The molecule has 2 N–H and O–H groups in total. The van der Waals surface area contributed by atoms with E-state index in [0.717, 1.165) is 45.2 Å². The molecule has 0 heterocycles. The minimum Gasteiger partial charge on any atom is -0.486 e. The molecule has 1 aromatic rings. The van der Waals surface area contributed by atoms with Gasteiger partial charge in [-0.1, -0.05) is 12.1 Å². The van der Waals surface area contributed by atoms with Crippen LogP contribution in [0.4, 0.5) is 4.39 Å². The lowest BCUT2D eigenvalue weighted by atomic mass is 10.3. The van der Waals surface area contributed by atoms with Crippen molar-refractivity contribution in [2.45, 2.75) is 26.4 Å². The third-order valence-corrected chi connectivity index (χ3v) is 3.69. The number of nitrogens with one attached hydrogen (secondary N) is 2. The van der Waals surface area contributed by atoms with Crippen molar-refractivity contribution >= 4 is 29.9 Å². The third kappa shape index (κ3) is 12.0. The first-order chi connectivity index (χ1) is 12.6. The highest BCUT2D eigenvalue weighted by Crippen LogP contribution is 2.16. The maximum atomic E-state index is 13.6. The van der Waals surface area contributed by atoms with Gasteiger partial charge < -0.3 is 25.0 Å². The van der Waals surface area contributed by atoms with Crippen molar-refractivity contribution in [1.82, 2.24) is 15.5 Å². The van der Waals surface area contributed by atoms with Gasteiger partial charge in [0.05, 0.1) is 6.54 Å². The van der Waals surface area contributed by atoms with Crippen molar-refractivity contribution < 1.29 is 13.9 Å². The highest BCUT2D eigenvalue weighted by atomic mass is 127. The Kier molecular flexibility index (Phi) is 15.2. The minimum absolute atomic E-state index is 0. The molecule has 27 heavy (non-hydrogen) atoms. The number of halogens is 2. The van der Waals surface area contributed by atoms with Crippen LogP contribution in [0, 0.1) is 5.82 Å². The van der Waals surface area contributed by atoms with Gasteiger partial charge >= 0.3 is 0 Å². The standard InChI is InChI=1S/C19H33FN4O2.HI/c1-5-21-19(22-11-13-24(3)12-8-14-25-4)23-15-16(2)26-18-10-7-6-9-17(18)20;/h6-7,9-10,16H,5,8,11-15H2,1-4H3,(H2,21,22,23);1H. The van der Waals surface area contributed by atoms with Crippen LogP contribution >= 0.6 is 24.0 Å². The van der Waals surface area contributed by atoms with E-state index in [2.05, 4.69) is 27.6 Å². The van der Waals surface area contributed by atoms with E-state index in [-0.39, 0.29) is 41.6 Å². The fourth-order valence-corrected chi connectivity index (χ4v) is 2.31.